The van der Waals surface area contributed by atoms with Gasteiger partial charge in [0.25, 0.3) is 15.9 Å². The Morgan fingerprint density at radius 3 is 2.02 bits per heavy atom. The van der Waals surface area contributed by atoms with Gasteiger partial charge in [-0.1, -0.05) is 72.8 Å². The van der Waals surface area contributed by atoms with Gasteiger partial charge in [0.15, 0.2) is 17.6 Å². The molecule has 1 aliphatic rings. The Hall–Kier alpha value is -4.83. The van der Waals surface area contributed by atoms with Gasteiger partial charge in [-0.05, 0) is 42.3 Å². The van der Waals surface area contributed by atoms with E-state index in [1.165, 1.54) is 37.3 Å². The van der Waals surface area contributed by atoms with Crippen molar-refractivity contribution in [3.8, 4) is 11.5 Å². The van der Waals surface area contributed by atoms with Crippen molar-refractivity contribution in [1.82, 2.24) is 4.90 Å². The van der Waals surface area contributed by atoms with Gasteiger partial charge in [0.2, 0.25) is 0 Å². The normalized spacial score (nSPS) is 13.1. The second kappa shape index (κ2) is 12.8. The van der Waals surface area contributed by atoms with E-state index in [-0.39, 0.29) is 22.1 Å². The molecule has 4 aromatic rings. The molecule has 0 saturated carbocycles. The first-order chi connectivity index (χ1) is 20.3. The fourth-order valence-electron chi connectivity index (χ4n) is 4.50. The number of fused-ring (bicyclic) bond motifs is 1. The zero-order valence-electron chi connectivity index (χ0n) is 22.9. The van der Waals surface area contributed by atoms with E-state index in [0.29, 0.717) is 37.8 Å². The van der Waals surface area contributed by atoms with Crippen molar-refractivity contribution < 1.29 is 32.2 Å². The minimum Gasteiger partial charge on any atom is -0.486 e. The van der Waals surface area contributed by atoms with Gasteiger partial charge in [-0.25, -0.2) is 13.2 Å². The number of hydrogen-bond donors (Lipinski definition) is 1. The van der Waals surface area contributed by atoms with E-state index < -0.39 is 22.1 Å². The average Bonchev–Trinajstić information content (AvgIpc) is 3.01. The lowest BCUT2D eigenvalue weighted by molar-refractivity contribution is -0.141. The quantitative estimate of drug-likeness (QED) is 0.260. The lowest BCUT2D eigenvalue weighted by Crippen LogP contribution is -2.39. The SMILES string of the molecule is CC(OC(=O)c1ccccc1NS(=O)(=O)c1ccc2c(c1)OCCO2)C(=O)N(Cc1ccccc1)Cc1ccccc1. The standard InChI is InChI=1S/C32H30N2O7S/c1-23(31(35)34(21-24-10-4-2-5-11-24)22-25-12-6-3-7-13-25)41-32(36)27-14-8-9-15-28(27)33-42(37,38)26-16-17-29-30(20-26)40-19-18-39-29/h2-17,20,23,33H,18-19,21-22H2,1H3. The molecule has 0 radical (unpaired) electrons. The van der Waals surface area contributed by atoms with Crippen LogP contribution in [0, 0.1) is 0 Å². The van der Waals surface area contributed by atoms with Crippen molar-refractivity contribution in [3.05, 3.63) is 120 Å². The van der Waals surface area contributed by atoms with Crippen LogP contribution in [0.5, 0.6) is 11.5 Å². The lowest BCUT2D eigenvalue weighted by atomic mass is 10.1. The zero-order valence-corrected chi connectivity index (χ0v) is 23.8. The Kier molecular flexibility index (Phi) is 8.73. The molecule has 0 bridgehead atoms. The molecular formula is C32H30N2O7S. The maximum atomic E-state index is 13.6. The van der Waals surface area contributed by atoms with E-state index in [1.807, 2.05) is 60.7 Å². The Morgan fingerprint density at radius 2 is 1.38 bits per heavy atom. The first-order valence-corrected chi connectivity index (χ1v) is 14.9. The van der Waals surface area contributed by atoms with Crippen LogP contribution in [0.2, 0.25) is 0 Å². The number of carbonyl (C=O) groups is 2. The molecule has 0 spiro atoms. The van der Waals surface area contributed by atoms with Crippen LogP contribution in [0.4, 0.5) is 5.69 Å². The molecule has 1 aliphatic heterocycles. The van der Waals surface area contributed by atoms with E-state index >= 15 is 0 Å². The van der Waals surface area contributed by atoms with Crippen molar-refractivity contribution in [3.63, 3.8) is 0 Å². The molecule has 10 heteroatoms. The van der Waals surface area contributed by atoms with Gasteiger partial charge in [0.05, 0.1) is 16.1 Å². The highest BCUT2D eigenvalue weighted by atomic mass is 32.2. The molecule has 0 aromatic heterocycles. The maximum Gasteiger partial charge on any atom is 0.341 e. The van der Waals surface area contributed by atoms with Crippen LogP contribution in [0.3, 0.4) is 0 Å². The van der Waals surface area contributed by atoms with Gasteiger partial charge in [-0.3, -0.25) is 9.52 Å². The Labute approximate surface area is 244 Å². The molecule has 4 aromatic carbocycles. The molecule has 1 unspecified atom stereocenters. The molecular weight excluding hydrogens is 556 g/mol. The summed E-state index contributed by atoms with van der Waals surface area (Å²) < 4.78 is 45.4. The van der Waals surface area contributed by atoms with Gasteiger partial charge in [-0.15, -0.1) is 0 Å². The third kappa shape index (κ3) is 6.90. The van der Waals surface area contributed by atoms with E-state index in [1.54, 1.807) is 17.0 Å². The van der Waals surface area contributed by atoms with Crippen molar-refractivity contribution in [2.24, 2.45) is 0 Å². The second-order valence-electron chi connectivity index (χ2n) is 9.67. The number of esters is 1. The number of nitrogens with zero attached hydrogens (tertiary/aromatic N) is 1. The minimum absolute atomic E-state index is 0.0162. The van der Waals surface area contributed by atoms with Crippen LogP contribution in [0.25, 0.3) is 0 Å². The zero-order chi connectivity index (χ0) is 29.5. The summed E-state index contributed by atoms with van der Waals surface area (Å²) in [5.74, 6) is -0.447. The Bertz CT molecular complexity index is 1620. The molecule has 1 amide bonds. The van der Waals surface area contributed by atoms with Crippen molar-refractivity contribution >= 4 is 27.6 Å². The number of benzene rings is 4. The number of para-hydroxylation sites is 1. The van der Waals surface area contributed by atoms with Crippen LogP contribution in [-0.4, -0.2) is 44.5 Å². The van der Waals surface area contributed by atoms with Crippen molar-refractivity contribution in [2.45, 2.75) is 31.0 Å². The van der Waals surface area contributed by atoms with Crippen molar-refractivity contribution in [2.75, 3.05) is 17.9 Å². The summed E-state index contributed by atoms with van der Waals surface area (Å²) in [5.41, 5.74) is 1.84. The summed E-state index contributed by atoms with van der Waals surface area (Å²) in [5, 5.41) is 0. The summed E-state index contributed by atoms with van der Waals surface area (Å²) in [6, 6.07) is 29.4. The number of carbonyl (C=O) groups excluding carboxylic acids is 2. The van der Waals surface area contributed by atoms with Crippen LogP contribution in [-0.2, 0) is 32.6 Å². The first kappa shape index (κ1) is 28.7. The monoisotopic (exact) mass is 586 g/mol. The topological polar surface area (TPSA) is 111 Å². The lowest BCUT2D eigenvalue weighted by Gasteiger charge is -2.26. The Balaban J connectivity index is 1.32. The predicted octanol–water partition coefficient (Wildman–Crippen LogP) is 5.03. The highest BCUT2D eigenvalue weighted by molar-refractivity contribution is 7.92. The summed E-state index contributed by atoms with van der Waals surface area (Å²) in [7, 11) is -4.10. The van der Waals surface area contributed by atoms with Crippen LogP contribution in [0.1, 0.15) is 28.4 Å². The number of amides is 1. The molecule has 0 fully saturated rings. The summed E-state index contributed by atoms with van der Waals surface area (Å²) in [6.45, 7) is 2.84. The summed E-state index contributed by atoms with van der Waals surface area (Å²) in [4.78, 5) is 28.4. The number of ether oxygens (including phenoxy) is 3. The summed E-state index contributed by atoms with van der Waals surface area (Å²) >= 11 is 0. The third-order valence-electron chi connectivity index (χ3n) is 6.59. The molecule has 1 heterocycles. The average molecular weight is 587 g/mol. The molecule has 42 heavy (non-hydrogen) atoms. The van der Waals surface area contributed by atoms with Crippen LogP contribution in [0.15, 0.2) is 108 Å². The highest BCUT2D eigenvalue weighted by Gasteiger charge is 2.27. The molecule has 5 rings (SSSR count). The van der Waals surface area contributed by atoms with E-state index in [9.17, 15) is 18.0 Å². The molecule has 1 N–H and O–H groups in total. The number of hydrogen-bond acceptors (Lipinski definition) is 7. The molecule has 0 aliphatic carbocycles. The maximum absolute atomic E-state index is 13.6. The van der Waals surface area contributed by atoms with Crippen molar-refractivity contribution in [1.29, 1.82) is 0 Å². The van der Waals surface area contributed by atoms with Gasteiger partial charge >= 0.3 is 5.97 Å². The number of rotatable bonds is 10. The first-order valence-electron chi connectivity index (χ1n) is 13.4. The van der Waals surface area contributed by atoms with E-state index in [2.05, 4.69) is 4.72 Å². The fourth-order valence-corrected chi connectivity index (χ4v) is 5.59. The Morgan fingerprint density at radius 1 is 0.810 bits per heavy atom. The fraction of sp³-hybridized carbons (Fsp3) is 0.188. The molecule has 216 valence electrons. The van der Waals surface area contributed by atoms with Crippen LogP contribution < -0.4 is 14.2 Å². The van der Waals surface area contributed by atoms with Crippen LogP contribution >= 0.6 is 0 Å². The van der Waals surface area contributed by atoms with Gasteiger partial charge in [0, 0.05) is 19.2 Å². The van der Waals surface area contributed by atoms with Gasteiger partial charge in [-0.2, -0.15) is 0 Å². The second-order valence-corrected chi connectivity index (χ2v) is 11.4. The smallest absolute Gasteiger partial charge is 0.341 e. The van der Waals surface area contributed by atoms with E-state index in [0.717, 1.165) is 11.1 Å². The number of nitrogens with one attached hydrogen (secondary N) is 1. The minimum atomic E-state index is -4.10. The van der Waals surface area contributed by atoms with E-state index in [4.69, 9.17) is 14.2 Å². The largest absolute Gasteiger partial charge is 0.486 e. The number of anilines is 1. The third-order valence-corrected chi connectivity index (χ3v) is 7.95. The molecule has 1 atom stereocenters. The number of sulfonamides is 1. The highest BCUT2D eigenvalue weighted by Crippen LogP contribution is 2.33. The molecule has 9 nitrogen and oxygen atoms in total. The van der Waals surface area contributed by atoms with Gasteiger partial charge in [0.1, 0.15) is 13.2 Å². The summed E-state index contributed by atoms with van der Waals surface area (Å²) in [6.07, 6.45) is -1.13. The molecule has 0 saturated heterocycles. The predicted molar refractivity (Wildman–Crippen MR) is 157 cm³/mol. The van der Waals surface area contributed by atoms with Gasteiger partial charge < -0.3 is 19.1 Å².